The molecular weight excluding hydrogens is 436 g/mol. The molecule has 0 spiro atoms. The molecule has 1 atom stereocenters. The first-order valence-electron chi connectivity index (χ1n) is 9.94. The van der Waals surface area contributed by atoms with Gasteiger partial charge in [-0.25, -0.2) is 13.6 Å². The summed E-state index contributed by atoms with van der Waals surface area (Å²) in [5.74, 6) is -4.58. The minimum atomic E-state index is -1.56. The molecule has 33 heavy (non-hydrogen) atoms. The highest BCUT2D eigenvalue weighted by Gasteiger charge is 2.41. The van der Waals surface area contributed by atoms with E-state index in [0.717, 1.165) is 11.0 Å². The van der Waals surface area contributed by atoms with Crippen LogP contribution in [0.3, 0.4) is 0 Å². The lowest BCUT2D eigenvalue weighted by Gasteiger charge is -2.34. The number of carbonyl (C=O) groups is 4. The number of Topliss-reactive ketones (excluding diaryl/α,β-unsaturated/α-hetero) is 1. The Labute approximate surface area is 188 Å². The number of carboxylic acid groups (broad SMARTS) is 1. The molecule has 3 amide bonds. The summed E-state index contributed by atoms with van der Waals surface area (Å²) < 4.78 is 28.1. The van der Waals surface area contributed by atoms with Crippen LogP contribution < -0.4 is 10.2 Å². The number of likely N-dealkylation sites (N-methyl/N-ethyl adjacent to an activating group) is 1. The smallest absolute Gasteiger partial charge is 0.323 e. The van der Waals surface area contributed by atoms with Gasteiger partial charge in [0.25, 0.3) is 5.91 Å². The van der Waals surface area contributed by atoms with E-state index in [1.54, 1.807) is 0 Å². The second-order valence-electron chi connectivity index (χ2n) is 7.43. The van der Waals surface area contributed by atoms with Crippen molar-refractivity contribution >= 4 is 29.4 Å². The molecule has 0 radical (unpaired) electrons. The second kappa shape index (κ2) is 9.60. The Morgan fingerprint density at radius 3 is 2.55 bits per heavy atom. The Morgan fingerprint density at radius 1 is 1.15 bits per heavy atom. The largest absolute Gasteiger partial charge is 0.481 e. The van der Waals surface area contributed by atoms with Crippen molar-refractivity contribution in [2.45, 2.75) is 19.4 Å². The number of rotatable bonds is 6. The van der Waals surface area contributed by atoms with E-state index in [1.165, 1.54) is 61.5 Å². The number of urea groups is 1. The standard InChI is InChI=1S/C23H21F2N3O5/c1-13-12-27(2)22(32)20(21(13)31)28(23(33)26-10-9-18(29)30)15-6-3-5-14(11-15)16-7-4-8-17(24)19(16)25/h3-8,11-12,20H,9-10H2,1-2H3,(H,26,33)(H,29,30)/t20-/m0/s1. The third-order valence-electron chi connectivity index (χ3n) is 5.08. The summed E-state index contributed by atoms with van der Waals surface area (Å²) in [6.07, 6.45) is 0.972. The van der Waals surface area contributed by atoms with Gasteiger partial charge in [0.2, 0.25) is 0 Å². The van der Waals surface area contributed by atoms with Gasteiger partial charge in [-0.2, -0.15) is 0 Å². The molecule has 1 aliphatic heterocycles. The number of hydrogen-bond acceptors (Lipinski definition) is 4. The van der Waals surface area contributed by atoms with Crippen LogP contribution in [0.15, 0.2) is 54.2 Å². The van der Waals surface area contributed by atoms with Gasteiger partial charge in [0.05, 0.1) is 6.42 Å². The number of carbonyl (C=O) groups excluding carboxylic acids is 3. The zero-order valence-corrected chi connectivity index (χ0v) is 17.8. The fourth-order valence-corrected chi connectivity index (χ4v) is 3.46. The molecular formula is C23H21F2N3O5. The van der Waals surface area contributed by atoms with Crippen LogP contribution in [0.1, 0.15) is 13.3 Å². The van der Waals surface area contributed by atoms with E-state index in [4.69, 9.17) is 5.11 Å². The van der Waals surface area contributed by atoms with Crippen LogP contribution >= 0.6 is 0 Å². The normalized spacial score (nSPS) is 15.8. The van der Waals surface area contributed by atoms with Crippen molar-refractivity contribution in [3.8, 4) is 11.1 Å². The molecule has 0 saturated heterocycles. The quantitative estimate of drug-likeness (QED) is 0.649. The van der Waals surface area contributed by atoms with Crippen LogP contribution in [0.25, 0.3) is 11.1 Å². The third-order valence-corrected chi connectivity index (χ3v) is 5.08. The first-order valence-corrected chi connectivity index (χ1v) is 9.94. The van der Waals surface area contributed by atoms with Gasteiger partial charge in [-0.3, -0.25) is 19.3 Å². The molecule has 8 nitrogen and oxygen atoms in total. The summed E-state index contributed by atoms with van der Waals surface area (Å²) in [7, 11) is 1.43. The first kappa shape index (κ1) is 23.6. The highest BCUT2D eigenvalue weighted by Crippen LogP contribution is 2.30. The molecule has 0 aliphatic carbocycles. The zero-order chi connectivity index (χ0) is 24.3. The lowest BCUT2D eigenvalue weighted by atomic mass is 9.98. The Morgan fingerprint density at radius 2 is 1.85 bits per heavy atom. The molecule has 1 heterocycles. The molecule has 2 N–H and O–H groups in total. The maximum atomic E-state index is 14.4. The number of carboxylic acids is 1. The molecule has 0 bridgehead atoms. The van der Waals surface area contributed by atoms with E-state index in [0.29, 0.717) is 0 Å². The Kier molecular flexibility index (Phi) is 6.86. The third kappa shape index (κ3) is 4.89. The van der Waals surface area contributed by atoms with Crippen molar-refractivity contribution in [2.24, 2.45) is 0 Å². The summed E-state index contributed by atoms with van der Waals surface area (Å²) in [5, 5.41) is 11.2. The zero-order valence-electron chi connectivity index (χ0n) is 17.8. The minimum absolute atomic E-state index is 0.0683. The number of benzene rings is 2. The van der Waals surface area contributed by atoms with Crippen LogP contribution in [0.4, 0.5) is 19.3 Å². The van der Waals surface area contributed by atoms with Crippen molar-refractivity contribution in [3.63, 3.8) is 0 Å². The highest BCUT2D eigenvalue weighted by atomic mass is 19.2. The molecule has 2 aromatic rings. The second-order valence-corrected chi connectivity index (χ2v) is 7.43. The van der Waals surface area contributed by atoms with Crippen LogP contribution in [0.5, 0.6) is 0 Å². The first-order chi connectivity index (χ1) is 15.6. The molecule has 172 valence electrons. The molecule has 0 unspecified atom stereocenters. The number of ketones is 1. The van der Waals surface area contributed by atoms with Gasteiger partial charge >= 0.3 is 12.0 Å². The van der Waals surface area contributed by atoms with Crippen LogP contribution in [0.2, 0.25) is 0 Å². The van der Waals surface area contributed by atoms with Crippen molar-refractivity contribution in [3.05, 3.63) is 65.9 Å². The molecule has 0 saturated carbocycles. The van der Waals surface area contributed by atoms with Crippen molar-refractivity contribution in [1.82, 2.24) is 10.2 Å². The molecule has 10 heteroatoms. The lowest BCUT2D eigenvalue weighted by Crippen LogP contribution is -2.58. The molecule has 3 rings (SSSR count). The summed E-state index contributed by atoms with van der Waals surface area (Å²) in [6.45, 7) is 1.25. The van der Waals surface area contributed by atoms with E-state index >= 15 is 0 Å². The maximum absolute atomic E-state index is 14.4. The van der Waals surface area contributed by atoms with E-state index in [2.05, 4.69) is 5.32 Å². The molecule has 2 aromatic carbocycles. The number of anilines is 1. The SMILES string of the molecule is CC1=CN(C)C(=O)[C@@H](N(C(=O)NCCC(=O)O)c2cccc(-c3cccc(F)c3F)c2)C1=O. The van der Waals surface area contributed by atoms with Gasteiger partial charge in [-0.05, 0) is 30.7 Å². The fraction of sp³-hybridized carbons (Fsp3) is 0.217. The predicted molar refractivity (Wildman–Crippen MR) is 115 cm³/mol. The van der Waals surface area contributed by atoms with Crippen LogP contribution in [-0.4, -0.2) is 53.3 Å². The van der Waals surface area contributed by atoms with Crippen molar-refractivity contribution in [2.75, 3.05) is 18.5 Å². The topological polar surface area (TPSA) is 107 Å². The van der Waals surface area contributed by atoms with Gasteiger partial charge in [-0.15, -0.1) is 0 Å². The van der Waals surface area contributed by atoms with Gasteiger partial charge in [0.1, 0.15) is 0 Å². The minimum Gasteiger partial charge on any atom is -0.481 e. The van der Waals surface area contributed by atoms with Gasteiger partial charge in [-0.1, -0.05) is 24.3 Å². The van der Waals surface area contributed by atoms with E-state index in [9.17, 15) is 28.0 Å². The lowest BCUT2D eigenvalue weighted by molar-refractivity contribution is -0.137. The molecule has 0 fully saturated rings. The van der Waals surface area contributed by atoms with E-state index in [-0.39, 0.29) is 35.4 Å². The summed E-state index contributed by atoms with van der Waals surface area (Å²) in [6, 6.07) is 6.95. The highest BCUT2D eigenvalue weighted by molar-refractivity contribution is 6.21. The van der Waals surface area contributed by atoms with E-state index < -0.39 is 41.4 Å². The summed E-state index contributed by atoms with van der Waals surface area (Å²) >= 11 is 0. The number of hydrogen-bond donors (Lipinski definition) is 2. The molecule has 1 aliphatic rings. The Bertz CT molecular complexity index is 1160. The van der Waals surface area contributed by atoms with E-state index in [1.807, 2.05) is 0 Å². The fourth-order valence-electron chi connectivity index (χ4n) is 3.46. The number of halogens is 2. The van der Waals surface area contributed by atoms with Crippen molar-refractivity contribution < 1.29 is 33.1 Å². The number of aliphatic carboxylic acids is 1. The molecule has 0 aromatic heterocycles. The Hall–Kier alpha value is -4.08. The Balaban J connectivity index is 2.08. The van der Waals surface area contributed by atoms with Gasteiger partial charge < -0.3 is 15.3 Å². The summed E-state index contributed by atoms with van der Waals surface area (Å²) in [4.78, 5) is 51.7. The number of nitrogens with one attached hydrogen (secondary N) is 1. The predicted octanol–water partition coefficient (Wildman–Crippen LogP) is 2.94. The van der Waals surface area contributed by atoms with Crippen molar-refractivity contribution in [1.29, 1.82) is 0 Å². The average molecular weight is 457 g/mol. The van der Waals surface area contributed by atoms with Gasteiger partial charge in [0.15, 0.2) is 23.5 Å². The average Bonchev–Trinajstić information content (AvgIpc) is 2.77. The monoisotopic (exact) mass is 457 g/mol. The summed E-state index contributed by atoms with van der Waals surface area (Å²) in [5.41, 5.74) is 0.443. The van der Waals surface area contributed by atoms with Crippen LogP contribution in [-0.2, 0) is 14.4 Å². The maximum Gasteiger partial charge on any atom is 0.323 e. The number of amides is 3. The number of nitrogens with zero attached hydrogens (tertiary/aromatic N) is 2. The van der Waals surface area contributed by atoms with Gasteiger partial charge in [0, 0.05) is 36.6 Å². The van der Waals surface area contributed by atoms with Crippen LogP contribution in [0, 0.1) is 11.6 Å².